The molecule has 0 atom stereocenters. The molecule has 0 saturated heterocycles. The van der Waals surface area contributed by atoms with Crippen LogP contribution < -0.4 is 10.0 Å². The van der Waals surface area contributed by atoms with Crippen LogP contribution in [-0.2, 0) is 10.0 Å². The second kappa shape index (κ2) is 6.71. The normalized spacial score (nSPS) is 19.6. The molecule has 1 rings (SSSR count). The maximum Gasteiger partial charge on any atom is 0.212 e. The molecule has 1 saturated carbocycles. The minimum atomic E-state index is -3.10. The number of hydrogen-bond acceptors (Lipinski definition) is 3. The quantitative estimate of drug-likeness (QED) is 0.654. The van der Waals surface area contributed by atoms with Crippen molar-refractivity contribution in [3.05, 3.63) is 0 Å². The molecule has 1 fully saturated rings. The molecule has 0 aromatic carbocycles. The van der Waals surface area contributed by atoms with Gasteiger partial charge in [0.1, 0.15) is 0 Å². The van der Waals surface area contributed by atoms with Gasteiger partial charge in [-0.15, -0.1) is 0 Å². The van der Waals surface area contributed by atoms with Crippen LogP contribution in [0.25, 0.3) is 0 Å². The molecule has 0 radical (unpaired) electrons. The molecule has 0 heterocycles. The molecule has 0 bridgehead atoms. The summed E-state index contributed by atoms with van der Waals surface area (Å²) >= 11 is 0. The maximum absolute atomic E-state index is 11.9. The van der Waals surface area contributed by atoms with Crippen molar-refractivity contribution in [2.75, 3.05) is 18.8 Å². The van der Waals surface area contributed by atoms with Gasteiger partial charge in [-0.2, -0.15) is 0 Å². The summed E-state index contributed by atoms with van der Waals surface area (Å²) in [6, 6.07) is 0. The smallest absolute Gasteiger partial charge is 0.212 e. The summed E-state index contributed by atoms with van der Waals surface area (Å²) in [5, 5.41) is 3.22. The van der Waals surface area contributed by atoms with Crippen LogP contribution in [0.2, 0.25) is 0 Å². The van der Waals surface area contributed by atoms with Crippen molar-refractivity contribution < 1.29 is 8.42 Å². The Bertz CT molecular complexity index is 308. The van der Waals surface area contributed by atoms with Gasteiger partial charge in [0, 0.05) is 5.54 Å². The average Bonchev–Trinajstić information content (AvgIpc) is 2.63. The lowest BCUT2D eigenvalue weighted by Crippen LogP contribution is -2.44. The van der Waals surface area contributed by atoms with Gasteiger partial charge in [-0.1, -0.05) is 19.8 Å². The molecule has 0 aromatic rings. The van der Waals surface area contributed by atoms with Crippen molar-refractivity contribution in [1.82, 2.24) is 10.0 Å². The molecule has 2 N–H and O–H groups in total. The predicted molar refractivity (Wildman–Crippen MR) is 71.6 cm³/mol. The third-order valence-electron chi connectivity index (χ3n) is 3.30. The SMILES string of the molecule is CCCNCCCS(=O)(=O)NC1(C)CCCC1. The highest BCUT2D eigenvalue weighted by Gasteiger charge is 2.32. The van der Waals surface area contributed by atoms with Gasteiger partial charge in [0.15, 0.2) is 0 Å². The van der Waals surface area contributed by atoms with Crippen molar-refractivity contribution in [3.63, 3.8) is 0 Å². The van der Waals surface area contributed by atoms with E-state index in [2.05, 4.69) is 17.0 Å². The fraction of sp³-hybridized carbons (Fsp3) is 1.00. The first-order chi connectivity index (χ1) is 7.97. The first-order valence-corrected chi connectivity index (χ1v) is 8.35. The van der Waals surface area contributed by atoms with Gasteiger partial charge in [0.2, 0.25) is 10.0 Å². The van der Waals surface area contributed by atoms with Crippen LogP contribution in [0.15, 0.2) is 0 Å². The van der Waals surface area contributed by atoms with Crippen LogP contribution in [0.5, 0.6) is 0 Å². The van der Waals surface area contributed by atoms with Gasteiger partial charge >= 0.3 is 0 Å². The lowest BCUT2D eigenvalue weighted by molar-refractivity contribution is 0.427. The van der Waals surface area contributed by atoms with Crippen molar-refractivity contribution >= 4 is 10.0 Å². The number of rotatable bonds is 8. The van der Waals surface area contributed by atoms with Crippen molar-refractivity contribution in [1.29, 1.82) is 0 Å². The van der Waals surface area contributed by atoms with Crippen LogP contribution in [-0.4, -0.2) is 32.8 Å². The van der Waals surface area contributed by atoms with Crippen LogP contribution in [0.3, 0.4) is 0 Å². The van der Waals surface area contributed by atoms with Crippen LogP contribution in [0.4, 0.5) is 0 Å². The van der Waals surface area contributed by atoms with Gasteiger partial charge in [0.25, 0.3) is 0 Å². The molecule has 102 valence electrons. The second-order valence-electron chi connectivity index (χ2n) is 5.29. The number of hydrogen-bond donors (Lipinski definition) is 2. The van der Waals surface area contributed by atoms with E-state index in [0.717, 1.165) is 45.2 Å². The average molecular weight is 262 g/mol. The number of nitrogens with one attached hydrogen (secondary N) is 2. The van der Waals surface area contributed by atoms with E-state index in [1.165, 1.54) is 0 Å². The summed E-state index contributed by atoms with van der Waals surface area (Å²) < 4.78 is 26.6. The van der Waals surface area contributed by atoms with Gasteiger partial charge in [0.05, 0.1) is 5.75 Å². The zero-order valence-corrected chi connectivity index (χ0v) is 11.9. The molecule has 0 amide bonds. The molecule has 0 unspecified atom stereocenters. The second-order valence-corrected chi connectivity index (χ2v) is 7.13. The molecular formula is C12H26N2O2S. The summed E-state index contributed by atoms with van der Waals surface area (Å²) in [7, 11) is -3.10. The Kier molecular flexibility index (Phi) is 5.89. The zero-order valence-electron chi connectivity index (χ0n) is 11.1. The van der Waals surface area contributed by atoms with E-state index in [1.807, 2.05) is 6.92 Å². The summed E-state index contributed by atoms with van der Waals surface area (Å²) in [4.78, 5) is 0. The van der Waals surface area contributed by atoms with Gasteiger partial charge in [-0.25, -0.2) is 13.1 Å². The van der Waals surface area contributed by atoms with Crippen molar-refractivity contribution in [3.8, 4) is 0 Å². The van der Waals surface area contributed by atoms with Gasteiger partial charge < -0.3 is 5.32 Å². The fourth-order valence-electron chi connectivity index (χ4n) is 2.37. The predicted octanol–water partition coefficient (Wildman–Crippen LogP) is 1.63. The minimum absolute atomic E-state index is 0.185. The van der Waals surface area contributed by atoms with E-state index in [1.54, 1.807) is 0 Å². The Morgan fingerprint density at radius 3 is 2.41 bits per heavy atom. The van der Waals surface area contributed by atoms with Crippen LogP contribution in [0, 0.1) is 0 Å². The molecule has 4 nitrogen and oxygen atoms in total. The Morgan fingerprint density at radius 1 is 1.18 bits per heavy atom. The lowest BCUT2D eigenvalue weighted by Gasteiger charge is -2.24. The van der Waals surface area contributed by atoms with Crippen LogP contribution in [0.1, 0.15) is 52.4 Å². The standard InChI is InChI=1S/C12H26N2O2S/c1-3-9-13-10-6-11-17(15,16)14-12(2)7-4-5-8-12/h13-14H,3-11H2,1-2H3. The topological polar surface area (TPSA) is 58.2 Å². The first kappa shape index (κ1) is 14.9. The van der Waals surface area contributed by atoms with E-state index in [-0.39, 0.29) is 11.3 Å². The number of sulfonamides is 1. The highest BCUT2D eigenvalue weighted by Crippen LogP contribution is 2.29. The summed E-state index contributed by atoms with van der Waals surface area (Å²) in [6.07, 6.45) is 5.99. The third kappa shape index (κ3) is 5.84. The Morgan fingerprint density at radius 2 is 1.82 bits per heavy atom. The van der Waals surface area contributed by atoms with E-state index in [0.29, 0.717) is 6.42 Å². The monoisotopic (exact) mass is 262 g/mol. The Hall–Kier alpha value is -0.130. The van der Waals surface area contributed by atoms with E-state index >= 15 is 0 Å². The van der Waals surface area contributed by atoms with E-state index < -0.39 is 10.0 Å². The molecule has 0 aromatic heterocycles. The molecule has 1 aliphatic rings. The maximum atomic E-state index is 11.9. The summed E-state index contributed by atoms with van der Waals surface area (Å²) in [6.45, 7) is 5.87. The Balaban J connectivity index is 2.26. The van der Waals surface area contributed by atoms with Crippen molar-refractivity contribution in [2.24, 2.45) is 0 Å². The lowest BCUT2D eigenvalue weighted by atomic mass is 10.0. The highest BCUT2D eigenvalue weighted by molar-refractivity contribution is 7.89. The van der Waals surface area contributed by atoms with Gasteiger partial charge in [-0.3, -0.25) is 0 Å². The summed E-state index contributed by atoms with van der Waals surface area (Å²) in [5.74, 6) is 0.235. The van der Waals surface area contributed by atoms with E-state index in [9.17, 15) is 8.42 Å². The molecule has 0 spiro atoms. The molecule has 1 aliphatic carbocycles. The molecule has 17 heavy (non-hydrogen) atoms. The summed E-state index contributed by atoms with van der Waals surface area (Å²) in [5.41, 5.74) is -0.185. The minimum Gasteiger partial charge on any atom is -0.317 e. The first-order valence-electron chi connectivity index (χ1n) is 6.70. The third-order valence-corrected chi connectivity index (χ3v) is 4.93. The van der Waals surface area contributed by atoms with Crippen LogP contribution >= 0.6 is 0 Å². The Labute approximate surface area is 106 Å². The molecule has 5 heteroatoms. The zero-order chi connectivity index (χ0) is 12.8. The molecular weight excluding hydrogens is 236 g/mol. The molecule has 0 aliphatic heterocycles. The van der Waals surface area contributed by atoms with Crippen molar-refractivity contribution in [2.45, 2.75) is 57.9 Å². The van der Waals surface area contributed by atoms with E-state index in [4.69, 9.17) is 0 Å². The highest BCUT2D eigenvalue weighted by atomic mass is 32.2. The largest absolute Gasteiger partial charge is 0.317 e. The van der Waals surface area contributed by atoms with Gasteiger partial charge in [-0.05, 0) is 45.7 Å². The fourth-order valence-corrected chi connectivity index (χ4v) is 3.95.